The molecule has 36 heavy (non-hydrogen) atoms. The standard InChI is InChI=1S/C29H34ClNO5/c30-21-5-7-24-18(12-21)2-1-10-29(24)16-31(25-13-19(28(33)34)4-8-26(25)36-17-29)15-20-3-6-23(20)27-14-22(32)9-11-35-27/h4-5,7-8,12-13,20,22-23,27,32H,1-3,6,9-11,14-17H2,(H,33,34)/t20-,22-,23+,27+,29?/m0/s1. The molecule has 2 aromatic carbocycles. The molecule has 5 atom stereocenters. The number of anilines is 1. The summed E-state index contributed by atoms with van der Waals surface area (Å²) < 4.78 is 12.5. The van der Waals surface area contributed by atoms with Gasteiger partial charge in [-0.1, -0.05) is 17.7 Å². The van der Waals surface area contributed by atoms with Crippen LogP contribution in [-0.2, 0) is 16.6 Å². The SMILES string of the molecule is O=C(O)c1ccc2c(c1)N(C[C@@H]1CC[C@H]1[C@H]1C[C@@H](O)CCO1)CC1(CCCc3cc(Cl)ccc31)CO2. The number of fused-ring (bicyclic) bond motifs is 3. The molecule has 6 rings (SSSR count). The number of halogens is 1. The first-order valence-corrected chi connectivity index (χ1v) is 13.6. The lowest BCUT2D eigenvalue weighted by Crippen LogP contribution is -2.50. The third-order valence-corrected chi connectivity index (χ3v) is 9.22. The Kier molecular flexibility index (Phi) is 6.39. The van der Waals surface area contributed by atoms with Crippen molar-refractivity contribution in [2.75, 3.05) is 31.2 Å². The molecule has 1 saturated carbocycles. The summed E-state index contributed by atoms with van der Waals surface area (Å²) in [4.78, 5) is 14.2. The highest BCUT2D eigenvalue weighted by Gasteiger charge is 2.45. The van der Waals surface area contributed by atoms with E-state index in [1.165, 1.54) is 11.1 Å². The van der Waals surface area contributed by atoms with Crippen LogP contribution in [0.3, 0.4) is 0 Å². The molecule has 4 aliphatic rings. The average molecular weight is 512 g/mol. The first kappa shape index (κ1) is 24.1. The van der Waals surface area contributed by atoms with E-state index in [1.807, 2.05) is 12.1 Å². The van der Waals surface area contributed by atoms with Gasteiger partial charge in [0.25, 0.3) is 0 Å². The van der Waals surface area contributed by atoms with Crippen molar-refractivity contribution in [1.82, 2.24) is 0 Å². The zero-order valence-electron chi connectivity index (χ0n) is 20.5. The summed E-state index contributed by atoms with van der Waals surface area (Å²) in [7, 11) is 0. The van der Waals surface area contributed by atoms with Crippen molar-refractivity contribution in [1.29, 1.82) is 0 Å². The first-order chi connectivity index (χ1) is 17.4. The van der Waals surface area contributed by atoms with Gasteiger partial charge in [-0.25, -0.2) is 4.79 Å². The minimum absolute atomic E-state index is 0.104. The lowest BCUT2D eigenvalue weighted by molar-refractivity contribution is -0.101. The van der Waals surface area contributed by atoms with Crippen molar-refractivity contribution in [2.24, 2.45) is 11.8 Å². The van der Waals surface area contributed by atoms with Crippen LogP contribution in [-0.4, -0.2) is 54.7 Å². The normalized spacial score (nSPS) is 31.6. The maximum Gasteiger partial charge on any atom is 0.335 e. The second kappa shape index (κ2) is 9.55. The number of aliphatic hydroxyl groups is 1. The maximum atomic E-state index is 11.8. The molecule has 2 fully saturated rings. The Morgan fingerprint density at radius 3 is 2.83 bits per heavy atom. The summed E-state index contributed by atoms with van der Waals surface area (Å²) in [6.45, 7) is 2.78. The van der Waals surface area contributed by atoms with Crippen LogP contribution in [0.25, 0.3) is 0 Å². The number of rotatable bonds is 4. The van der Waals surface area contributed by atoms with E-state index >= 15 is 0 Å². The first-order valence-electron chi connectivity index (χ1n) is 13.3. The van der Waals surface area contributed by atoms with Gasteiger partial charge in [0.2, 0.25) is 0 Å². The fraction of sp³-hybridized carbons (Fsp3) is 0.552. The van der Waals surface area contributed by atoms with Crippen LogP contribution >= 0.6 is 11.6 Å². The molecule has 1 saturated heterocycles. The fourth-order valence-electron chi connectivity index (χ4n) is 6.95. The number of nitrogens with zero attached hydrogens (tertiary/aromatic N) is 1. The van der Waals surface area contributed by atoms with Crippen LogP contribution in [0, 0.1) is 11.8 Å². The van der Waals surface area contributed by atoms with Crippen LogP contribution in [0.4, 0.5) is 5.69 Å². The van der Waals surface area contributed by atoms with Gasteiger partial charge in [0.1, 0.15) is 5.75 Å². The highest BCUT2D eigenvalue weighted by atomic mass is 35.5. The Morgan fingerprint density at radius 2 is 2.06 bits per heavy atom. The Labute approximate surface area is 217 Å². The van der Waals surface area contributed by atoms with E-state index < -0.39 is 5.97 Å². The van der Waals surface area contributed by atoms with Gasteiger partial charge in [-0.2, -0.15) is 0 Å². The van der Waals surface area contributed by atoms with Crippen molar-refractivity contribution < 1.29 is 24.5 Å². The number of carboxylic acids is 1. The highest BCUT2D eigenvalue weighted by molar-refractivity contribution is 6.30. The molecule has 0 amide bonds. The minimum atomic E-state index is -0.930. The van der Waals surface area contributed by atoms with Crippen LogP contribution in [0.15, 0.2) is 36.4 Å². The lowest BCUT2D eigenvalue weighted by Gasteiger charge is -2.47. The Bertz CT molecular complexity index is 1150. The van der Waals surface area contributed by atoms with Gasteiger partial charge in [-0.05, 0) is 98.2 Å². The molecule has 0 radical (unpaired) electrons. The van der Waals surface area contributed by atoms with Crippen molar-refractivity contribution in [2.45, 2.75) is 62.6 Å². The molecular formula is C29H34ClNO5. The zero-order valence-corrected chi connectivity index (χ0v) is 21.3. The number of carbonyl (C=O) groups is 1. The second-order valence-electron chi connectivity index (χ2n) is 11.2. The summed E-state index contributed by atoms with van der Waals surface area (Å²) in [5.41, 5.74) is 3.55. The number of carboxylic acid groups (broad SMARTS) is 1. The van der Waals surface area contributed by atoms with Crippen molar-refractivity contribution in [3.8, 4) is 5.75 Å². The molecule has 2 aromatic rings. The molecule has 6 nitrogen and oxygen atoms in total. The molecule has 1 spiro atoms. The van der Waals surface area contributed by atoms with Crippen LogP contribution in [0.5, 0.6) is 5.75 Å². The number of hydrogen-bond donors (Lipinski definition) is 2. The van der Waals surface area contributed by atoms with Crippen molar-refractivity contribution in [3.63, 3.8) is 0 Å². The predicted octanol–water partition coefficient (Wildman–Crippen LogP) is 5.08. The zero-order chi connectivity index (χ0) is 24.9. The average Bonchev–Trinajstić information content (AvgIpc) is 2.99. The smallest absolute Gasteiger partial charge is 0.335 e. The fourth-order valence-corrected chi connectivity index (χ4v) is 7.14. The Morgan fingerprint density at radius 1 is 1.17 bits per heavy atom. The molecule has 2 aliphatic heterocycles. The maximum absolute atomic E-state index is 11.8. The molecule has 0 bridgehead atoms. The van der Waals surface area contributed by atoms with E-state index in [0.29, 0.717) is 37.9 Å². The molecule has 0 aromatic heterocycles. The summed E-state index contributed by atoms with van der Waals surface area (Å²) in [5, 5.41) is 20.7. The lowest BCUT2D eigenvalue weighted by atomic mass is 9.67. The van der Waals surface area contributed by atoms with Gasteiger partial charge in [-0.3, -0.25) is 0 Å². The third-order valence-electron chi connectivity index (χ3n) is 8.98. The van der Waals surface area contributed by atoms with Gasteiger partial charge >= 0.3 is 5.97 Å². The van der Waals surface area contributed by atoms with Gasteiger partial charge in [0, 0.05) is 30.1 Å². The van der Waals surface area contributed by atoms with E-state index in [9.17, 15) is 15.0 Å². The number of hydrogen-bond acceptors (Lipinski definition) is 5. The number of aliphatic hydroxyl groups excluding tert-OH is 1. The number of benzene rings is 2. The molecule has 2 aliphatic carbocycles. The van der Waals surface area contributed by atoms with Crippen LogP contribution in [0.1, 0.15) is 60.0 Å². The highest BCUT2D eigenvalue weighted by Crippen LogP contribution is 2.47. The van der Waals surface area contributed by atoms with Gasteiger partial charge in [0.15, 0.2) is 0 Å². The van der Waals surface area contributed by atoms with E-state index in [-0.39, 0.29) is 23.2 Å². The quantitative estimate of drug-likeness (QED) is 0.596. The van der Waals surface area contributed by atoms with Gasteiger partial charge < -0.3 is 24.6 Å². The largest absolute Gasteiger partial charge is 0.490 e. The number of aryl methyl sites for hydroxylation is 1. The Balaban J connectivity index is 1.34. The molecule has 2 N–H and O–H groups in total. The van der Waals surface area contributed by atoms with E-state index in [1.54, 1.807) is 12.1 Å². The molecular weight excluding hydrogens is 478 g/mol. The number of ether oxygens (including phenoxy) is 2. The summed E-state index contributed by atoms with van der Waals surface area (Å²) in [6.07, 6.45) is 6.59. The van der Waals surface area contributed by atoms with E-state index in [0.717, 1.165) is 61.7 Å². The molecule has 2 heterocycles. The molecule has 192 valence electrons. The predicted molar refractivity (Wildman–Crippen MR) is 138 cm³/mol. The Hall–Kier alpha value is -2.28. The summed E-state index contributed by atoms with van der Waals surface area (Å²) in [6, 6.07) is 11.5. The van der Waals surface area contributed by atoms with Gasteiger partial charge in [-0.15, -0.1) is 0 Å². The monoisotopic (exact) mass is 511 g/mol. The molecule has 1 unspecified atom stereocenters. The third kappa shape index (κ3) is 4.37. The minimum Gasteiger partial charge on any atom is -0.490 e. The number of aromatic carboxylic acids is 1. The topological polar surface area (TPSA) is 79.2 Å². The van der Waals surface area contributed by atoms with Crippen LogP contribution < -0.4 is 9.64 Å². The summed E-state index contributed by atoms with van der Waals surface area (Å²) >= 11 is 6.35. The van der Waals surface area contributed by atoms with Crippen molar-refractivity contribution >= 4 is 23.3 Å². The summed E-state index contributed by atoms with van der Waals surface area (Å²) in [5.74, 6) is 0.673. The van der Waals surface area contributed by atoms with E-state index in [4.69, 9.17) is 21.1 Å². The van der Waals surface area contributed by atoms with Gasteiger partial charge in [0.05, 0.1) is 30.1 Å². The van der Waals surface area contributed by atoms with Crippen LogP contribution in [0.2, 0.25) is 5.02 Å². The van der Waals surface area contributed by atoms with E-state index in [2.05, 4.69) is 17.0 Å². The van der Waals surface area contributed by atoms with Crippen molar-refractivity contribution in [3.05, 3.63) is 58.1 Å². The second-order valence-corrected chi connectivity index (χ2v) is 11.6. The molecule has 7 heteroatoms.